The highest BCUT2D eigenvalue weighted by atomic mass is 35.7. The van der Waals surface area contributed by atoms with Crippen molar-refractivity contribution in [1.29, 1.82) is 0 Å². The number of rotatable bonds is 2. The van der Waals surface area contributed by atoms with E-state index in [0.29, 0.717) is 10.8 Å². The molecule has 0 amide bonds. The van der Waals surface area contributed by atoms with Gasteiger partial charge in [-0.15, -0.1) is 0 Å². The fraction of sp³-hybridized carbons (Fsp3) is 0. The van der Waals surface area contributed by atoms with Crippen LogP contribution in [0.5, 0.6) is 0 Å². The molecule has 96 valence electrons. The third-order valence-corrected chi connectivity index (χ3v) is 5.05. The first-order valence-corrected chi connectivity index (χ1v) is 9.23. The first kappa shape index (κ1) is 13.6. The molecular weight excluding hydrogens is 319 g/mol. The van der Waals surface area contributed by atoms with Gasteiger partial charge in [-0.1, -0.05) is 12.1 Å². The molecule has 0 saturated heterocycles. The van der Waals surface area contributed by atoms with Gasteiger partial charge in [0.15, 0.2) is 0 Å². The van der Waals surface area contributed by atoms with Gasteiger partial charge >= 0.3 is 0 Å². The van der Waals surface area contributed by atoms with E-state index >= 15 is 0 Å². The number of hydrogen-bond acceptors (Lipinski definition) is 4. The van der Waals surface area contributed by atoms with Gasteiger partial charge < -0.3 is 0 Å². The van der Waals surface area contributed by atoms with E-state index in [1.807, 2.05) is 0 Å². The second-order valence-electron chi connectivity index (χ2n) is 3.55. The van der Waals surface area contributed by atoms with Crippen LogP contribution in [0.15, 0.2) is 46.2 Å². The molecule has 0 saturated carbocycles. The predicted molar refractivity (Wildman–Crippen MR) is 70.0 cm³/mol. The van der Waals surface area contributed by atoms with E-state index in [9.17, 15) is 16.8 Å². The second-order valence-corrected chi connectivity index (χ2v) is 8.68. The Bertz CT molecular complexity index is 759. The molecule has 2 aromatic rings. The quantitative estimate of drug-likeness (QED) is 0.796. The van der Waals surface area contributed by atoms with Crippen LogP contribution in [0.3, 0.4) is 0 Å². The molecule has 0 atom stereocenters. The Hall–Kier alpha value is -0.820. The van der Waals surface area contributed by atoms with Crippen molar-refractivity contribution in [2.24, 2.45) is 0 Å². The van der Waals surface area contributed by atoms with Gasteiger partial charge in [-0.05, 0) is 35.0 Å². The van der Waals surface area contributed by atoms with Crippen molar-refractivity contribution in [1.82, 2.24) is 0 Å². The van der Waals surface area contributed by atoms with Gasteiger partial charge in [0.2, 0.25) is 0 Å². The Morgan fingerprint density at radius 3 is 1.39 bits per heavy atom. The molecule has 0 aliphatic heterocycles. The van der Waals surface area contributed by atoms with Crippen molar-refractivity contribution in [2.45, 2.75) is 9.79 Å². The summed E-state index contributed by atoms with van der Waals surface area (Å²) in [5.41, 5.74) is 0. The van der Waals surface area contributed by atoms with Gasteiger partial charge in [0.1, 0.15) is 0 Å². The minimum absolute atomic E-state index is 0.0965. The Kier molecular flexibility index (Phi) is 3.31. The van der Waals surface area contributed by atoms with Crippen molar-refractivity contribution < 1.29 is 16.8 Å². The number of fused-ring (bicyclic) bond motifs is 1. The van der Waals surface area contributed by atoms with Gasteiger partial charge in [-0.2, -0.15) is 0 Å². The normalized spacial score (nSPS) is 12.8. The molecule has 0 aliphatic carbocycles. The summed E-state index contributed by atoms with van der Waals surface area (Å²) < 4.78 is 44.7. The number of benzene rings is 2. The Morgan fingerprint density at radius 2 is 1.06 bits per heavy atom. The topological polar surface area (TPSA) is 68.3 Å². The molecule has 0 N–H and O–H groups in total. The van der Waals surface area contributed by atoms with Gasteiger partial charge in [-0.3, -0.25) is 0 Å². The lowest BCUT2D eigenvalue weighted by molar-refractivity contribution is 0.608. The molecule has 0 fully saturated rings. The van der Waals surface area contributed by atoms with Crippen molar-refractivity contribution in [3.63, 3.8) is 0 Å². The van der Waals surface area contributed by atoms with Gasteiger partial charge in [-0.25, -0.2) is 16.8 Å². The molecule has 18 heavy (non-hydrogen) atoms. The molecule has 0 spiro atoms. The van der Waals surface area contributed by atoms with E-state index in [-0.39, 0.29) is 9.79 Å². The van der Waals surface area contributed by atoms with E-state index in [2.05, 4.69) is 0 Å². The molecule has 0 bridgehead atoms. The Labute approximate surface area is 113 Å². The van der Waals surface area contributed by atoms with Crippen LogP contribution in [0, 0.1) is 0 Å². The predicted octanol–water partition coefficient (Wildman–Crippen LogP) is 2.69. The number of halogens is 2. The van der Waals surface area contributed by atoms with Crippen molar-refractivity contribution in [3.8, 4) is 0 Å². The zero-order valence-corrected chi connectivity index (χ0v) is 11.8. The minimum atomic E-state index is -3.85. The molecule has 4 nitrogen and oxygen atoms in total. The van der Waals surface area contributed by atoms with E-state index in [4.69, 9.17) is 21.4 Å². The summed E-state index contributed by atoms with van der Waals surface area (Å²) in [6.07, 6.45) is 0. The highest BCUT2D eigenvalue weighted by Gasteiger charge is 2.13. The average molecular weight is 325 g/mol. The molecule has 0 radical (unpaired) electrons. The molecule has 2 rings (SSSR count). The summed E-state index contributed by atoms with van der Waals surface area (Å²) in [6, 6.07) is 8.36. The minimum Gasteiger partial charge on any atom is -0.207 e. The molecule has 2 aromatic carbocycles. The highest BCUT2D eigenvalue weighted by molar-refractivity contribution is 8.14. The van der Waals surface area contributed by atoms with Crippen LogP contribution in [0.4, 0.5) is 0 Å². The monoisotopic (exact) mass is 324 g/mol. The van der Waals surface area contributed by atoms with Crippen LogP contribution in [0.1, 0.15) is 0 Å². The van der Waals surface area contributed by atoms with Gasteiger partial charge in [0.25, 0.3) is 18.1 Å². The third-order valence-electron chi connectivity index (χ3n) is 2.35. The van der Waals surface area contributed by atoms with Crippen LogP contribution in [-0.2, 0) is 18.1 Å². The SMILES string of the molecule is O=S(=O)(Cl)c1ccc2ccc(S(=O)(=O)Cl)cc2c1. The van der Waals surface area contributed by atoms with Crippen LogP contribution in [-0.4, -0.2) is 16.8 Å². The van der Waals surface area contributed by atoms with Gasteiger partial charge in [0, 0.05) is 21.4 Å². The summed E-state index contributed by atoms with van der Waals surface area (Å²) in [5, 5.41) is 1.11. The Balaban J connectivity index is 2.76. The summed E-state index contributed by atoms with van der Waals surface area (Å²) in [6.45, 7) is 0. The van der Waals surface area contributed by atoms with E-state index in [1.165, 1.54) is 36.4 Å². The average Bonchev–Trinajstić information content (AvgIpc) is 2.25. The maximum Gasteiger partial charge on any atom is 0.261 e. The molecule has 8 heteroatoms. The zero-order chi connectivity index (χ0) is 13.6. The maximum atomic E-state index is 11.2. The molecule has 0 aliphatic rings. The van der Waals surface area contributed by atoms with Crippen molar-refractivity contribution >= 4 is 50.2 Å². The van der Waals surface area contributed by atoms with E-state index in [0.717, 1.165) is 0 Å². The molecule has 0 aromatic heterocycles. The maximum absolute atomic E-state index is 11.2. The summed E-state index contributed by atoms with van der Waals surface area (Å²) in [5.74, 6) is 0. The zero-order valence-electron chi connectivity index (χ0n) is 8.67. The summed E-state index contributed by atoms with van der Waals surface area (Å²) >= 11 is 0. The highest BCUT2D eigenvalue weighted by Crippen LogP contribution is 2.25. The smallest absolute Gasteiger partial charge is 0.207 e. The molecule has 0 heterocycles. The van der Waals surface area contributed by atoms with Crippen LogP contribution >= 0.6 is 21.4 Å². The van der Waals surface area contributed by atoms with E-state index < -0.39 is 18.1 Å². The van der Waals surface area contributed by atoms with Crippen molar-refractivity contribution in [3.05, 3.63) is 36.4 Å². The number of hydrogen-bond donors (Lipinski definition) is 0. The fourth-order valence-corrected chi connectivity index (χ4v) is 3.08. The van der Waals surface area contributed by atoms with Crippen LogP contribution < -0.4 is 0 Å². The lowest BCUT2D eigenvalue weighted by atomic mass is 10.1. The standard InChI is InChI=1S/C10H6Cl2O4S2/c11-17(13,14)9-3-1-7-2-4-10(18(12,15)16)6-8(7)5-9/h1-6H. The van der Waals surface area contributed by atoms with Crippen LogP contribution in [0.2, 0.25) is 0 Å². The summed E-state index contributed by atoms with van der Waals surface area (Å²) in [7, 11) is 2.73. The Morgan fingerprint density at radius 1 is 0.667 bits per heavy atom. The van der Waals surface area contributed by atoms with Crippen molar-refractivity contribution in [2.75, 3.05) is 0 Å². The molecule has 0 unspecified atom stereocenters. The third kappa shape index (κ3) is 2.77. The fourth-order valence-electron chi connectivity index (χ4n) is 1.51. The first-order valence-electron chi connectivity index (χ1n) is 4.61. The first-order chi connectivity index (χ1) is 8.18. The lowest BCUT2D eigenvalue weighted by Crippen LogP contribution is -1.92. The summed E-state index contributed by atoms with van der Waals surface area (Å²) in [4.78, 5) is -0.193. The van der Waals surface area contributed by atoms with Crippen LogP contribution in [0.25, 0.3) is 10.8 Å². The lowest BCUT2D eigenvalue weighted by Gasteiger charge is -2.02. The largest absolute Gasteiger partial charge is 0.261 e. The van der Waals surface area contributed by atoms with E-state index in [1.54, 1.807) is 0 Å². The van der Waals surface area contributed by atoms with Gasteiger partial charge in [0.05, 0.1) is 9.79 Å². The molecular formula is C10H6Cl2O4S2. The second kappa shape index (κ2) is 4.38.